The fourth-order valence-electron chi connectivity index (χ4n) is 1.69. The average Bonchev–Trinajstić information content (AvgIpc) is 2.92. The molecule has 1 N–H and O–H groups in total. The normalized spacial score (nSPS) is 10.2. The fraction of sp³-hybridized carbons (Fsp3) is 0.286. The maximum absolute atomic E-state index is 11.9. The van der Waals surface area contributed by atoms with Crippen LogP contribution >= 0.6 is 0 Å². The molecule has 100 valence electrons. The predicted octanol–water partition coefficient (Wildman–Crippen LogP) is 1.84. The Labute approximate surface area is 112 Å². The van der Waals surface area contributed by atoms with Crippen LogP contribution in [-0.4, -0.2) is 34.7 Å². The summed E-state index contributed by atoms with van der Waals surface area (Å²) in [7, 11) is 1.78. The average molecular weight is 259 g/mol. The zero-order valence-electron chi connectivity index (χ0n) is 10.9. The first-order valence-corrected chi connectivity index (χ1v) is 6.15. The highest BCUT2D eigenvalue weighted by Gasteiger charge is 2.09. The monoisotopic (exact) mass is 259 g/mol. The number of hydrogen-bond acceptors (Lipinski definition) is 3. The number of aromatic nitrogens is 2. The molecule has 0 spiro atoms. The van der Waals surface area contributed by atoms with Crippen LogP contribution in [0.15, 0.2) is 42.7 Å². The minimum Gasteiger partial charge on any atom is -0.493 e. The molecule has 0 radical (unpaired) electrons. The second-order valence-electron chi connectivity index (χ2n) is 4.27. The smallest absolute Gasteiger partial charge is 0.226 e. The molecular formula is C14H17N3O2. The fourth-order valence-corrected chi connectivity index (χ4v) is 1.69. The third kappa shape index (κ3) is 4.13. The molecule has 19 heavy (non-hydrogen) atoms. The minimum atomic E-state index is 0.0529. The van der Waals surface area contributed by atoms with Crippen molar-refractivity contribution in [3.05, 3.63) is 48.3 Å². The van der Waals surface area contributed by atoms with Gasteiger partial charge in [-0.3, -0.25) is 9.89 Å². The lowest BCUT2D eigenvalue weighted by Gasteiger charge is -2.16. The molecular weight excluding hydrogens is 242 g/mol. The summed E-state index contributed by atoms with van der Waals surface area (Å²) in [6.45, 7) is 0.944. The van der Waals surface area contributed by atoms with E-state index in [-0.39, 0.29) is 5.91 Å². The molecule has 0 aliphatic heterocycles. The van der Waals surface area contributed by atoms with Crippen LogP contribution in [0.25, 0.3) is 0 Å². The van der Waals surface area contributed by atoms with Crippen molar-refractivity contribution in [1.29, 1.82) is 0 Å². The first-order chi connectivity index (χ1) is 9.25. The van der Waals surface area contributed by atoms with E-state index in [9.17, 15) is 4.79 Å². The van der Waals surface area contributed by atoms with Crippen molar-refractivity contribution in [2.24, 2.45) is 0 Å². The van der Waals surface area contributed by atoms with Crippen LogP contribution in [0, 0.1) is 0 Å². The highest BCUT2D eigenvalue weighted by molar-refractivity contribution is 5.75. The van der Waals surface area contributed by atoms with Gasteiger partial charge in [0, 0.05) is 25.4 Å². The van der Waals surface area contributed by atoms with Gasteiger partial charge in [0.1, 0.15) is 5.75 Å². The number of H-pyrrole nitrogens is 1. The van der Waals surface area contributed by atoms with Gasteiger partial charge in [0.25, 0.3) is 0 Å². The van der Waals surface area contributed by atoms with Gasteiger partial charge in [-0.25, -0.2) is 0 Å². The van der Waals surface area contributed by atoms with Crippen molar-refractivity contribution in [2.75, 3.05) is 13.7 Å². The van der Waals surface area contributed by atoms with Crippen molar-refractivity contribution >= 4 is 5.91 Å². The van der Waals surface area contributed by atoms with E-state index in [1.54, 1.807) is 24.3 Å². The van der Waals surface area contributed by atoms with Crippen LogP contribution in [0.4, 0.5) is 0 Å². The third-order valence-electron chi connectivity index (χ3n) is 2.73. The van der Waals surface area contributed by atoms with Crippen LogP contribution in [0.2, 0.25) is 0 Å². The van der Waals surface area contributed by atoms with Gasteiger partial charge < -0.3 is 9.64 Å². The number of carbonyl (C=O) groups excluding carboxylic acids is 1. The van der Waals surface area contributed by atoms with E-state index < -0.39 is 0 Å². The van der Waals surface area contributed by atoms with Crippen LogP contribution in [-0.2, 0) is 11.3 Å². The summed E-state index contributed by atoms with van der Waals surface area (Å²) in [6, 6.07) is 9.49. The molecule has 1 heterocycles. The molecule has 1 aromatic carbocycles. The summed E-state index contributed by atoms with van der Waals surface area (Å²) in [6.07, 6.45) is 3.86. The summed E-state index contributed by atoms with van der Waals surface area (Å²) in [5.74, 6) is 0.838. The summed E-state index contributed by atoms with van der Waals surface area (Å²) in [4.78, 5) is 13.5. The van der Waals surface area contributed by atoms with Gasteiger partial charge in [-0.15, -0.1) is 0 Å². The maximum Gasteiger partial charge on any atom is 0.226 e. The molecule has 0 unspecified atom stereocenters. The number of benzene rings is 1. The lowest BCUT2D eigenvalue weighted by molar-refractivity contribution is -0.130. The molecule has 1 aromatic heterocycles. The van der Waals surface area contributed by atoms with Gasteiger partial charge in [0.2, 0.25) is 5.91 Å². The Morgan fingerprint density at radius 1 is 1.37 bits per heavy atom. The van der Waals surface area contributed by atoms with E-state index in [1.807, 2.05) is 30.3 Å². The molecule has 0 atom stereocenters. The molecule has 2 rings (SSSR count). The SMILES string of the molecule is CN(Cc1cn[nH]c1)C(=O)CCOc1ccccc1. The Morgan fingerprint density at radius 3 is 2.84 bits per heavy atom. The van der Waals surface area contributed by atoms with E-state index in [0.29, 0.717) is 19.6 Å². The molecule has 0 saturated carbocycles. The molecule has 1 amide bonds. The van der Waals surface area contributed by atoms with Crippen molar-refractivity contribution in [3.8, 4) is 5.75 Å². The van der Waals surface area contributed by atoms with E-state index in [4.69, 9.17) is 4.74 Å². The number of hydrogen-bond donors (Lipinski definition) is 1. The van der Waals surface area contributed by atoms with Gasteiger partial charge in [-0.05, 0) is 12.1 Å². The quantitative estimate of drug-likeness (QED) is 0.861. The molecule has 0 aliphatic carbocycles. The lowest BCUT2D eigenvalue weighted by Crippen LogP contribution is -2.27. The second kappa shape index (κ2) is 6.58. The van der Waals surface area contributed by atoms with Crippen LogP contribution in [0.1, 0.15) is 12.0 Å². The first-order valence-electron chi connectivity index (χ1n) is 6.15. The largest absolute Gasteiger partial charge is 0.493 e. The highest BCUT2D eigenvalue weighted by Crippen LogP contribution is 2.09. The van der Waals surface area contributed by atoms with Crippen LogP contribution in [0.5, 0.6) is 5.75 Å². The van der Waals surface area contributed by atoms with Crippen molar-refractivity contribution in [2.45, 2.75) is 13.0 Å². The zero-order valence-corrected chi connectivity index (χ0v) is 10.9. The van der Waals surface area contributed by atoms with E-state index in [0.717, 1.165) is 11.3 Å². The number of amides is 1. The van der Waals surface area contributed by atoms with Gasteiger partial charge in [-0.1, -0.05) is 18.2 Å². The van der Waals surface area contributed by atoms with Gasteiger partial charge >= 0.3 is 0 Å². The van der Waals surface area contributed by atoms with Crippen LogP contribution < -0.4 is 4.74 Å². The zero-order chi connectivity index (χ0) is 13.5. The Morgan fingerprint density at radius 2 is 2.16 bits per heavy atom. The summed E-state index contributed by atoms with van der Waals surface area (Å²) >= 11 is 0. The number of rotatable bonds is 6. The standard InChI is InChI=1S/C14H17N3O2/c1-17(11-12-9-15-16-10-12)14(18)7-8-19-13-5-3-2-4-6-13/h2-6,9-10H,7-8,11H2,1H3,(H,15,16). The van der Waals surface area contributed by atoms with Crippen molar-refractivity contribution in [3.63, 3.8) is 0 Å². The number of carbonyl (C=O) groups is 1. The topological polar surface area (TPSA) is 58.2 Å². The summed E-state index contributed by atoms with van der Waals surface area (Å²) < 4.78 is 5.50. The molecule has 5 nitrogen and oxygen atoms in total. The van der Waals surface area contributed by atoms with Crippen molar-refractivity contribution in [1.82, 2.24) is 15.1 Å². The molecule has 0 aliphatic rings. The lowest BCUT2D eigenvalue weighted by atomic mass is 10.3. The van der Waals surface area contributed by atoms with Gasteiger partial charge in [0.05, 0.1) is 19.2 Å². The predicted molar refractivity (Wildman–Crippen MR) is 71.6 cm³/mol. The van der Waals surface area contributed by atoms with Crippen LogP contribution in [0.3, 0.4) is 0 Å². The number of nitrogens with zero attached hydrogens (tertiary/aromatic N) is 2. The van der Waals surface area contributed by atoms with E-state index >= 15 is 0 Å². The van der Waals surface area contributed by atoms with E-state index in [1.165, 1.54) is 0 Å². The summed E-state index contributed by atoms with van der Waals surface area (Å²) in [5.41, 5.74) is 0.986. The highest BCUT2D eigenvalue weighted by atomic mass is 16.5. The van der Waals surface area contributed by atoms with Crippen molar-refractivity contribution < 1.29 is 9.53 Å². The Hall–Kier alpha value is -2.30. The third-order valence-corrected chi connectivity index (χ3v) is 2.73. The van der Waals surface area contributed by atoms with Gasteiger partial charge in [0.15, 0.2) is 0 Å². The molecule has 5 heteroatoms. The Bertz CT molecular complexity index is 497. The molecule has 0 fully saturated rings. The number of aromatic amines is 1. The summed E-state index contributed by atoms with van der Waals surface area (Å²) in [5, 5.41) is 6.57. The van der Waals surface area contributed by atoms with Gasteiger partial charge in [-0.2, -0.15) is 5.10 Å². The Balaban J connectivity index is 1.72. The molecule has 0 saturated heterocycles. The maximum atomic E-state index is 11.9. The number of ether oxygens (including phenoxy) is 1. The second-order valence-corrected chi connectivity index (χ2v) is 4.27. The molecule has 2 aromatic rings. The first kappa shape index (κ1) is 13.1. The van der Waals surface area contributed by atoms with E-state index in [2.05, 4.69) is 10.2 Å². The number of nitrogens with one attached hydrogen (secondary N) is 1. The number of para-hydroxylation sites is 1. The molecule has 0 bridgehead atoms. The Kier molecular flexibility index (Phi) is 4.55. The minimum absolute atomic E-state index is 0.0529.